The number of hydrogen-bond donors (Lipinski definition) is 1. The van der Waals surface area contributed by atoms with Gasteiger partial charge in [-0.15, -0.1) is 0 Å². The highest BCUT2D eigenvalue weighted by atomic mass is 19.4. The van der Waals surface area contributed by atoms with E-state index in [1.54, 1.807) is 11.8 Å². The minimum Gasteiger partial charge on any atom is -0.466 e. The van der Waals surface area contributed by atoms with E-state index in [4.69, 9.17) is 4.74 Å². The zero-order valence-electron chi connectivity index (χ0n) is 11.3. The number of halogens is 3. The largest absolute Gasteiger partial charge is 0.466 e. The third kappa shape index (κ3) is 6.23. The van der Waals surface area contributed by atoms with Gasteiger partial charge >= 0.3 is 12.1 Å². The highest BCUT2D eigenvalue weighted by Crippen LogP contribution is 2.17. The van der Waals surface area contributed by atoms with Gasteiger partial charge < -0.3 is 10.1 Å². The Morgan fingerprint density at radius 3 is 2.70 bits per heavy atom. The van der Waals surface area contributed by atoms with Gasteiger partial charge in [-0.05, 0) is 26.3 Å². The van der Waals surface area contributed by atoms with Gasteiger partial charge in [0.05, 0.1) is 19.1 Å². The molecule has 1 aliphatic rings. The summed E-state index contributed by atoms with van der Waals surface area (Å²) in [6.07, 6.45) is -3.01. The number of amides is 1. The number of ether oxygens (including phenoxy) is 1. The van der Waals surface area contributed by atoms with Gasteiger partial charge in [0.15, 0.2) is 0 Å². The predicted octanol–water partition coefficient (Wildman–Crippen LogP) is 0.940. The molecule has 0 aromatic carbocycles. The van der Waals surface area contributed by atoms with E-state index < -0.39 is 18.6 Å². The minimum absolute atomic E-state index is 0.133. The van der Waals surface area contributed by atoms with Crippen molar-refractivity contribution in [3.05, 3.63) is 0 Å². The Bertz CT molecular complexity index is 347. The van der Waals surface area contributed by atoms with Crippen LogP contribution >= 0.6 is 0 Å². The minimum atomic E-state index is -4.41. The first-order valence-electron chi connectivity index (χ1n) is 6.54. The van der Waals surface area contributed by atoms with E-state index in [-0.39, 0.29) is 18.4 Å². The molecule has 0 aliphatic carbocycles. The molecule has 0 saturated carbocycles. The van der Waals surface area contributed by atoms with Crippen LogP contribution in [0.1, 0.15) is 19.8 Å². The zero-order valence-corrected chi connectivity index (χ0v) is 11.3. The first-order chi connectivity index (χ1) is 9.31. The maximum atomic E-state index is 12.0. The molecule has 1 aliphatic heterocycles. The molecule has 1 fully saturated rings. The van der Waals surface area contributed by atoms with Crippen LogP contribution in [-0.4, -0.2) is 55.7 Å². The smallest absolute Gasteiger partial charge is 0.405 e. The summed E-state index contributed by atoms with van der Waals surface area (Å²) >= 11 is 0. The number of likely N-dealkylation sites (tertiary alicyclic amines) is 1. The van der Waals surface area contributed by atoms with Crippen molar-refractivity contribution in [1.82, 2.24) is 10.2 Å². The van der Waals surface area contributed by atoms with Crippen LogP contribution in [0.25, 0.3) is 0 Å². The maximum Gasteiger partial charge on any atom is 0.405 e. The molecule has 1 amide bonds. The lowest BCUT2D eigenvalue weighted by Crippen LogP contribution is -2.46. The summed E-state index contributed by atoms with van der Waals surface area (Å²) in [5.41, 5.74) is 0. The van der Waals surface area contributed by atoms with Gasteiger partial charge in [0.2, 0.25) is 5.91 Å². The topological polar surface area (TPSA) is 58.6 Å². The van der Waals surface area contributed by atoms with Crippen LogP contribution in [0.4, 0.5) is 13.2 Å². The quantitative estimate of drug-likeness (QED) is 0.767. The van der Waals surface area contributed by atoms with E-state index in [0.29, 0.717) is 26.1 Å². The molecule has 0 aromatic heterocycles. The number of alkyl halides is 3. The summed E-state index contributed by atoms with van der Waals surface area (Å²) in [5, 5.41) is 1.82. The van der Waals surface area contributed by atoms with Crippen LogP contribution in [0.5, 0.6) is 0 Å². The second-order valence-electron chi connectivity index (χ2n) is 4.72. The lowest BCUT2D eigenvalue weighted by molar-refractivity contribution is -0.150. The van der Waals surface area contributed by atoms with Crippen molar-refractivity contribution in [1.29, 1.82) is 0 Å². The fraction of sp³-hybridized carbons (Fsp3) is 0.833. The molecular weight excluding hydrogens is 277 g/mol. The molecule has 8 heteroatoms. The van der Waals surface area contributed by atoms with E-state index in [2.05, 4.69) is 0 Å². The highest BCUT2D eigenvalue weighted by Gasteiger charge is 2.30. The fourth-order valence-corrected chi connectivity index (χ4v) is 2.11. The van der Waals surface area contributed by atoms with Gasteiger partial charge in [0.25, 0.3) is 0 Å². The van der Waals surface area contributed by atoms with Crippen LogP contribution in [0, 0.1) is 5.92 Å². The normalized spacial score (nSPS) is 20.5. The molecule has 5 nitrogen and oxygen atoms in total. The number of rotatable bonds is 5. The molecule has 1 saturated heterocycles. The van der Waals surface area contributed by atoms with Crippen LogP contribution < -0.4 is 5.32 Å². The first kappa shape index (κ1) is 16.7. The predicted molar refractivity (Wildman–Crippen MR) is 64.9 cm³/mol. The summed E-state index contributed by atoms with van der Waals surface area (Å²) < 4.78 is 40.8. The second kappa shape index (κ2) is 7.47. The molecular formula is C12H19F3N2O3. The van der Waals surface area contributed by atoms with Crippen LogP contribution in [0.15, 0.2) is 0 Å². The molecule has 0 aromatic rings. The van der Waals surface area contributed by atoms with Crippen molar-refractivity contribution in [2.24, 2.45) is 5.92 Å². The second-order valence-corrected chi connectivity index (χ2v) is 4.72. The number of piperidine rings is 1. The number of esters is 1. The van der Waals surface area contributed by atoms with Crippen molar-refractivity contribution in [2.45, 2.75) is 25.9 Å². The number of nitrogens with zero attached hydrogens (tertiary/aromatic N) is 1. The number of hydrogen-bond acceptors (Lipinski definition) is 4. The molecule has 0 bridgehead atoms. The summed E-state index contributed by atoms with van der Waals surface area (Å²) in [7, 11) is 0. The highest BCUT2D eigenvalue weighted by molar-refractivity contribution is 5.78. The maximum absolute atomic E-state index is 12.0. The summed E-state index contributed by atoms with van der Waals surface area (Å²) in [6, 6.07) is 0. The van der Waals surface area contributed by atoms with Crippen molar-refractivity contribution in [3.8, 4) is 0 Å². The van der Waals surface area contributed by atoms with Crippen molar-refractivity contribution in [3.63, 3.8) is 0 Å². The lowest BCUT2D eigenvalue weighted by Gasteiger charge is -2.30. The monoisotopic (exact) mass is 296 g/mol. The van der Waals surface area contributed by atoms with Crippen molar-refractivity contribution in [2.75, 3.05) is 32.8 Å². The van der Waals surface area contributed by atoms with E-state index in [1.807, 2.05) is 5.32 Å². The van der Waals surface area contributed by atoms with E-state index in [1.165, 1.54) is 0 Å². The lowest BCUT2D eigenvalue weighted by atomic mass is 9.98. The molecule has 1 atom stereocenters. The Morgan fingerprint density at radius 1 is 1.40 bits per heavy atom. The van der Waals surface area contributed by atoms with Crippen molar-refractivity contribution >= 4 is 11.9 Å². The molecule has 1 unspecified atom stereocenters. The summed E-state index contributed by atoms with van der Waals surface area (Å²) in [4.78, 5) is 24.7. The van der Waals surface area contributed by atoms with Gasteiger partial charge in [0.1, 0.15) is 6.54 Å². The molecule has 20 heavy (non-hydrogen) atoms. The summed E-state index contributed by atoms with van der Waals surface area (Å²) in [6.45, 7) is 1.48. The van der Waals surface area contributed by atoms with Gasteiger partial charge in [-0.3, -0.25) is 14.5 Å². The standard InChI is InChI=1S/C12H19F3N2O3/c1-2-20-11(19)9-4-3-5-17(6-9)7-10(18)16-8-12(13,14)15/h9H,2-8H2,1H3,(H,16,18). The molecule has 1 N–H and O–H groups in total. The van der Waals surface area contributed by atoms with E-state index in [9.17, 15) is 22.8 Å². The molecule has 116 valence electrons. The molecule has 1 rings (SSSR count). The summed E-state index contributed by atoms with van der Waals surface area (Å²) in [5.74, 6) is -1.31. The van der Waals surface area contributed by atoms with Crippen LogP contribution in [0.2, 0.25) is 0 Å². The number of carbonyl (C=O) groups excluding carboxylic acids is 2. The van der Waals surface area contributed by atoms with E-state index >= 15 is 0 Å². The third-order valence-electron chi connectivity index (χ3n) is 2.98. The zero-order chi connectivity index (χ0) is 15.2. The van der Waals surface area contributed by atoms with Gasteiger partial charge in [-0.2, -0.15) is 13.2 Å². The Balaban J connectivity index is 2.36. The number of nitrogens with one attached hydrogen (secondary N) is 1. The average Bonchev–Trinajstić information content (AvgIpc) is 2.36. The third-order valence-corrected chi connectivity index (χ3v) is 2.98. The van der Waals surface area contributed by atoms with Gasteiger partial charge in [-0.25, -0.2) is 0 Å². The van der Waals surface area contributed by atoms with Gasteiger partial charge in [0, 0.05) is 6.54 Å². The molecule has 0 radical (unpaired) electrons. The number of carbonyl (C=O) groups is 2. The van der Waals surface area contributed by atoms with Crippen LogP contribution in [-0.2, 0) is 14.3 Å². The molecule has 1 heterocycles. The Kier molecular flexibility index (Phi) is 6.25. The molecule has 0 spiro atoms. The average molecular weight is 296 g/mol. The Morgan fingerprint density at radius 2 is 2.10 bits per heavy atom. The van der Waals surface area contributed by atoms with E-state index in [0.717, 1.165) is 6.42 Å². The SMILES string of the molecule is CCOC(=O)C1CCCN(CC(=O)NCC(F)(F)F)C1. The Labute approximate surface area is 115 Å². The fourth-order valence-electron chi connectivity index (χ4n) is 2.11. The Hall–Kier alpha value is -1.31. The first-order valence-corrected chi connectivity index (χ1v) is 6.54. The van der Waals surface area contributed by atoms with Crippen molar-refractivity contribution < 1.29 is 27.5 Å². The van der Waals surface area contributed by atoms with Gasteiger partial charge in [-0.1, -0.05) is 0 Å². The van der Waals surface area contributed by atoms with Crippen LogP contribution in [0.3, 0.4) is 0 Å².